The van der Waals surface area contributed by atoms with Crippen molar-refractivity contribution in [2.24, 2.45) is 5.92 Å². The van der Waals surface area contributed by atoms with Gasteiger partial charge in [-0.25, -0.2) is 4.79 Å². The Balaban J connectivity index is 2.26. The molecule has 0 spiro atoms. The van der Waals surface area contributed by atoms with Crippen LogP contribution in [-0.4, -0.2) is 66.2 Å². The van der Waals surface area contributed by atoms with Gasteiger partial charge in [0.05, 0.1) is 0 Å². The second-order valence-corrected chi connectivity index (χ2v) is 4.73. The lowest BCUT2D eigenvalue weighted by atomic mass is 10.2. The van der Waals surface area contributed by atoms with Crippen LogP contribution in [-0.2, 0) is 4.79 Å². The number of carbonyl (C=O) groups is 2. The molecular formula is C11H21N3O3. The first-order chi connectivity index (χ1) is 7.99. The molecule has 17 heavy (non-hydrogen) atoms. The normalized spacial score (nSPS) is 17.2. The Labute approximate surface area is 102 Å². The van der Waals surface area contributed by atoms with Crippen molar-refractivity contribution < 1.29 is 14.7 Å². The number of carboxylic acids is 1. The van der Waals surface area contributed by atoms with Crippen molar-refractivity contribution in [3.8, 4) is 0 Å². The van der Waals surface area contributed by atoms with Gasteiger partial charge in [0.25, 0.3) is 0 Å². The maximum absolute atomic E-state index is 11.6. The Morgan fingerprint density at radius 3 is 2.29 bits per heavy atom. The Morgan fingerprint density at radius 1 is 1.24 bits per heavy atom. The van der Waals surface area contributed by atoms with Crippen LogP contribution in [0.5, 0.6) is 0 Å². The molecular weight excluding hydrogens is 222 g/mol. The smallest absolute Gasteiger partial charge is 0.323 e. The van der Waals surface area contributed by atoms with Crippen LogP contribution in [0.15, 0.2) is 0 Å². The number of carbonyl (C=O) groups excluding carboxylic acids is 1. The summed E-state index contributed by atoms with van der Waals surface area (Å²) >= 11 is 0. The average molecular weight is 243 g/mol. The third-order valence-corrected chi connectivity index (χ3v) is 2.67. The fraction of sp³-hybridized carbons (Fsp3) is 0.818. The van der Waals surface area contributed by atoms with Crippen LogP contribution in [0.2, 0.25) is 0 Å². The summed E-state index contributed by atoms with van der Waals surface area (Å²) in [5.41, 5.74) is 0. The lowest BCUT2D eigenvalue weighted by molar-refractivity contribution is -0.135. The van der Waals surface area contributed by atoms with Crippen LogP contribution in [0.3, 0.4) is 0 Å². The number of rotatable bonds is 4. The first kappa shape index (κ1) is 13.8. The summed E-state index contributed by atoms with van der Waals surface area (Å²) in [4.78, 5) is 25.9. The van der Waals surface area contributed by atoms with Crippen LogP contribution >= 0.6 is 0 Å². The van der Waals surface area contributed by atoms with Gasteiger partial charge in [0, 0.05) is 32.7 Å². The maximum Gasteiger partial charge on any atom is 0.323 e. The Morgan fingerprint density at radius 2 is 1.82 bits per heavy atom. The molecule has 0 aromatic rings. The standard InChI is InChI=1S/C11H21N3O3/c1-9(2)8-13-3-5-14(6-4-13)11(17)12-7-10(15)16/h9H,3-8H2,1-2H3,(H,12,17)(H,15,16). The van der Waals surface area contributed by atoms with Gasteiger partial charge >= 0.3 is 12.0 Å². The van der Waals surface area contributed by atoms with Crippen LogP contribution in [0.25, 0.3) is 0 Å². The Hall–Kier alpha value is -1.30. The average Bonchev–Trinajstić information content (AvgIpc) is 2.26. The molecule has 6 nitrogen and oxygen atoms in total. The van der Waals surface area contributed by atoms with E-state index < -0.39 is 5.97 Å². The van der Waals surface area contributed by atoms with E-state index in [4.69, 9.17) is 5.11 Å². The van der Waals surface area contributed by atoms with E-state index in [9.17, 15) is 9.59 Å². The van der Waals surface area contributed by atoms with Crippen molar-refractivity contribution >= 4 is 12.0 Å². The SMILES string of the molecule is CC(C)CN1CCN(C(=O)NCC(=O)O)CC1. The molecule has 0 saturated carbocycles. The molecule has 1 rings (SSSR count). The highest BCUT2D eigenvalue weighted by atomic mass is 16.4. The molecule has 0 aromatic carbocycles. The van der Waals surface area contributed by atoms with Gasteiger partial charge < -0.3 is 15.3 Å². The van der Waals surface area contributed by atoms with Crippen LogP contribution in [0.4, 0.5) is 4.79 Å². The molecule has 6 heteroatoms. The Kier molecular flexibility index (Phi) is 5.21. The zero-order valence-corrected chi connectivity index (χ0v) is 10.5. The van der Waals surface area contributed by atoms with E-state index in [0.29, 0.717) is 19.0 Å². The minimum Gasteiger partial charge on any atom is -0.480 e. The minimum atomic E-state index is -1.02. The first-order valence-electron chi connectivity index (χ1n) is 5.96. The lowest BCUT2D eigenvalue weighted by Gasteiger charge is -2.35. The van der Waals surface area contributed by atoms with E-state index in [1.165, 1.54) is 0 Å². The zero-order valence-electron chi connectivity index (χ0n) is 10.5. The van der Waals surface area contributed by atoms with Crippen molar-refractivity contribution in [3.63, 3.8) is 0 Å². The molecule has 98 valence electrons. The third kappa shape index (κ3) is 5.04. The van der Waals surface area contributed by atoms with Crippen LogP contribution < -0.4 is 5.32 Å². The number of piperazine rings is 1. The van der Waals surface area contributed by atoms with Crippen LogP contribution in [0.1, 0.15) is 13.8 Å². The monoisotopic (exact) mass is 243 g/mol. The van der Waals surface area contributed by atoms with Crippen molar-refractivity contribution in [2.45, 2.75) is 13.8 Å². The summed E-state index contributed by atoms with van der Waals surface area (Å²) in [5.74, 6) is -0.390. The lowest BCUT2D eigenvalue weighted by Crippen LogP contribution is -2.52. The second-order valence-electron chi connectivity index (χ2n) is 4.73. The summed E-state index contributed by atoms with van der Waals surface area (Å²) < 4.78 is 0. The maximum atomic E-state index is 11.6. The summed E-state index contributed by atoms with van der Waals surface area (Å²) in [7, 11) is 0. The molecule has 1 aliphatic rings. The van der Waals surface area contributed by atoms with Gasteiger partial charge in [-0.1, -0.05) is 13.8 Å². The quantitative estimate of drug-likeness (QED) is 0.732. The van der Waals surface area contributed by atoms with Gasteiger partial charge in [-0.2, -0.15) is 0 Å². The van der Waals surface area contributed by atoms with Crippen molar-refractivity contribution in [3.05, 3.63) is 0 Å². The molecule has 1 fully saturated rings. The topological polar surface area (TPSA) is 72.9 Å². The van der Waals surface area contributed by atoms with E-state index in [-0.39, 0.29) is 12.6 Å². The van der Waals surface area contributed by atoms with Gasteiger partial charge in [-0.15, -0.1) is 0 Å². The molecule has 0 bridgehead atoms. The molecule has 0 radical (unpaired) electrons. The molecule has 1 saturated heterocycles. The molecule has 1 aliphatic heterocycles. The first-order valence-corrected chi connectivity index (χ1v) is 5.96. The number of carboxylic acid groups (broad SMARTS) is 1. The molecule has 0 aliphatic carbocycles. The van der Waals surface area contributed by atoms with Crippen LogP contribution in [0, 0.1) is 5.92 Å². The number of hydrogen-bond donors (Lipinski definition) is 2. The highest BCUT2D eigenvalue weighted by molar-refractivity contribution is 5.80. The molecule has 0 atom stereocenters. The minimum absolute atomic E-state index is 0.281. The van der Waals surface area contributed by atoms with E-state index >= 15 is 0 Å². The van der Waals surface area contributed by atoms with E-state index in [2.05, 4.69) is 24.1 Å². The summed E-state index contributed by atoms with van der Waals surface area (Å²) in [6.45, 7) is 8.13. The predicted molar refractivity (Wildman–Crippen MR) is 63.9 cm³/mol. The summed E-state index contributed by atoms with van der Waals surface area (Å²) in [6, 6.07) is -0.281. The second kappa shape index (κ2) is 6.44. The van der Waals surface area contributed by atoms with Gasteiger partial charge in [0.15, 0.2) is 0 Å². The third-order valence-electron chi connectivity index (χ3n) is 2.67. The zero-order chi connectivity index (χ0) is 12.8. The van der Waals surface area contributed by atoms with Gasteiger partial charge in [0.2, 0.25) is 0 Å². The number of nitrogens with zero attached hydrogens (tertiary/aromatic N) is 2. The van der Waals surface area contributed by atoms with E-state index in [0.717, 1.165) is 19.6 Å². The number of nitrogens with one attached hydrogen (secondary N) is 1. The molecule has 2 amide bonds. The number of amides is 2. The highest BCUT2D eigenvalue weighted by Crippen LogP contribution is 2.05. The summed E-state index contributed by atoms with van der Waals surface area (Å²) in [5, 5.41) is 10.8. The molecule has 0 aromatic heterocycles. The largest absolute Gasteiger partial charge is 0.480 e. The van der Waals surface area contributed by atoms with Gasteiger partial charge in [-0.3, -0.25) is 9.69 Å². The number of aliphatic carboxylic acids is 1. The van der Waals surface area contributed by atoms with E-state index in [1.807, 2.05) is 0 Å². The number of hydrogen-bond acceptors (Lipinski definition) is 3. The molecule has 1 heterocycles. The van der Waals surface area contributed by atoms with Gasteiger partial charge in [-0.05, 0) is 5.92 Å². The fourth-order valence-corrected chi connectivity index (χ4v) is 1.91. The fourth-order valence-electron chi connectivity index (χ4n) is 1.91. The van der Waals surface area contributed by atoms with Crippen molar-refractivity contribution in [1.82, 2.24) is 15.1 Å². The van der Waals surface area contributed by atoms with Crippen molar-refractivity contribution in [2.75, 3.05) is 39.3 Å². The molecule has 0 unspecified atom stereocenters. The summed E-state index contributed by atoms with van der Waals surface area (Å²) in [6.07, 6.45) is 0. The number of urea groups is 1. The Bertz CT molecular complexity index is 273. The van der Waals surface area contributed by atoms with Gasteiger partial charge in [0.1, 0.15) is 6.54 Å². The van der Waals surface area contributed by atoms with Crippen molar-refractivity contribution in [1.29, 1.82) is 0 Å². The van der Waals surface area contributed by atoms with E-state index in [1.54, 1.807) is 4.90 Å². The predicted octanol–water partition coefficient (Wildman–Crippen LogP) is 0.0542. The highest BCUT2D eigenvalue weighted by Gasteiger charge is 2.21. The molecule has 2 N–H and O–H groups in total.